The van der Waals surface area contributed by atoms with Crippen LogP contribution in [0.25, 0.3) is 0 Å². The van der Waals surface area contributed by atoms with E-state index in [1.165, 1.54) is 0 Å². The Morgan fingerprint density at radius 2 is 1.54 bits per heavy atom. The molecule has 0 bridgehead atoms. The first kappa shape index (κ1) is 40.3. The summed E-state index contributed by atoms with van der Waals surface area (Å²) >= 11 is 0. The fourth-order valence-corrected chi connectivity index (χ4v) is 6.04. The second-order valence-electron chi connectivity index (χ2n) is 12.3. The maximum atomic E-state index is 12.7. The van der Waals surface area contributed by atoms with E-state index in [4.69, 9.17) is 28.4 Å². The number of carbonyl (C=O) groups excluding carboxylic acids is 1. The topological polar surface area (TPSA) is 324 Å². The molecule has 20 nitrogen and oxygen atoms in total. The fraction of sp³-hybridized carbons (Fsp3) is 0.733. The van der Waals surface area contributed by atoms with Gasteiger partial charge in [0.05, 0.1) is 38.6 Å². The van der Waals surface area contributed by atoms with Crippen molar-refractivity contribution >= 4 is 11.9 Å². The highest BCUT2D eigenvalue weighted by molar-refractivity contribution is 5.76. The van der Waals surface area contributed by atoms with Crippen LogP contribution in [0.5, 0.6) is 0 Å². The molecule has 1 aromatic carbocycles. The van der Waals surface area contributed by atoms with E-state index in [-0.39, 0.29) is 6.61 Å². The lowest BCUT2D eigenvalue weighted by molar-refractivity contribution is -0.386. The average molecular weight is 724 g/mol. The molecule has 0 aliphatic carbocycles. The van der Waals surface area contributed by atoms with Gasteiger partial charge >= 0.3 is 5.97 Å². The molecule has 3 aliphatic rings. The van der Waals surface area contributed by atoms with Gasteiger partial charge in [-0.05, 0) is 5.56 Å². The second-order valence-corrected chi connectivity index (χ2v) is 12.3. The number of rotatable bonds is 14. The molecule has 0 spiro atoms. The van der Waals surface area contributed by atoms with Gasteiger partial charge in [0, 0.05) is 13.3 Å². The number of aliphatic carboxylic acids is 1. The normalized spacial score (nSPS) is 40.5. The molecule has 16 atom stereocenters. The van der Waals surface area contributed by atoms with Crippen LogP contribution in [-0.4, -0.2) is 186 Å². The second kappa shape index (κ2) is 17.4. The van der Waals surface area contributed by atoms with Gasteiger partial charge in [0.25, 0.3) is 5.79 Å². The SMILES string of the molecule is CC(=O)N[C@H]1[C@H]([C@@H](O)[C@H](O)CO)O[C@@](O[C@H]2[C@@H](O)[C@@H](CO)O[C@@H](O[C@H]3[C@H](O)[C@@H](O)[C@H](OCc4ccccc4)O[C@@H]3CO)[C@@H]2O)(C(=O)O)C[C@@H]1O. The van der Waals surface area contributed by atoms with Gasteiger partial charge in [0.2, 0.25) is 5.91 Å². The molecule has 0 saturated carbocycles. The lowest BCUT2D eigenvalue weighted by atomic mass is 9.88. The van der Waals surface area contributed by atoms with Crippen LogP contribution in [0.2, 0.25) is 0 Å². The first-order valence-corrected chi connectivity index (χ1v) is 15.7. The number of aliphatic hydroxyl groups excluding tert-OH is 10. The van der Waals surface area contributed by atoms with E-state index >= 15 is 0 Å². The van der Waals surface area contributed by atoms with Gasteiger partial charge in [-0.15, -0.1) is 0 Å². The molecule has 1 amide bonds. The third kappa shape index (κ3) is 8.75. The van der Waals surface area contributed by atoms with Crippen LogP contribution in [-0.2, 0) is 44.6 Å². The smallest absolute Gasteiger partial charge is 0.364 e. The highest BCUT2D eigenvalue weighted by atomic mass is 16.8. The zero-order valence-corrected chi connectivity index (χ0v) is 26.8. The molecule has 12 N–H and O–H groups in total. The summed E-state index contributed by atoms with van der Waals surface area (Å²) in [5.74, 6) is -5.73. The third-order valence-corrected chi connectivity index (χ3v) is 8.70. The van der Waals surface area contributed by atoms with Crippen molar-refractivity contribution in [1.29, 1.82) is 0 Å². The van der Waals surface area contributed by atoms with E-state index in [1.807, 2.05) is 0 Å². The van der Waals surface area contributed by atoms with Gasteiger partial charge in [0.15, 0.2) is 12.6 Å². The van der Waals surface area contributed by atoms with Crippen molar-refractivity contribution in [3.63, 3.8) is 0 Å². The zero-order chi connectivity index (χ0) is 36.9. The summed E-state index contributed by atoms with van der Waals surface area (Å²) in [6, 6.07) is 7.22. The zero-order valence-electron chi connectivity index (χ0n) is 26.8. The number of nitrogens with one attached hydrogen (secondary N) is 1. The van der Waals surface area contributed by atoms with E-state index in [0.717, 1.165) is 6.92 Å². The predicted molar refractivity (Wildman–Crippen MR) is 159 cm³/mol. The van der Waals surface area contributed by atoms with Gasteiger partial charge in [-0.1, -0.05) is 30.3 Å². The van der Waals surface area contributed by atoms with Crippen molar-refractivity contribution < 1.29 is 94.2 Å². The van der Waals surface area contributed by atoms with Crippen LogP contribution in [0.15, 0.2) is 30.3 Å². The summed E-state index contributed by atoms with van der Waals surface area (Å²) in [6.07, 6.45) is -26.9. The van der Waals surface area contributed by atoms with Crippen molar-refractivity contribution in [3.05, 3.63) is 35.9 Å². The Balaban J connectivity index is 1.57. The van der Waals surface area contributed by atoms with Crippen molar-refractivity contribution in [2.24, 2.45) is 0 Å². The minimum atomic E-state index is -3.02. The van der Waals surface area contributed by atoms with Crippen LogP contribution >= 0.6 is 0 Å². The van der Waals surface area contributed by atoms with Crippen molar-refractivity contribution in [2.75, 3.05) is 19.8 Å². The van der Waals surface area contributed by atoms with Gasteiger partial charge in [-0.3, -0.25) is 4.79 Å². The molecule has 3 fully saturated rings. The van der Waals surface area contributed by atoms with Crippen LogP contribution < -0.4 is 5.32 Å². The Labute approximate surface area is 284 Å². The summed E-state index contributed by atoms with van der Waals surface area (Å²) in [5.41, 5.74) is 0.708. The lowest BCUT2D eigenvalue weighted by Gasteiger charge is -2.50. The minimum Gasteiger partial charge on any atom is -0.477 e. The molecule has 50 heavy (non-hydrogen) atoms. The highest BCUT2D eigenvalue weighted by Gasteiger charge is 2.60. The molecular weight excluding hydrogens is 678 g/mol. The summed E-state index contributed by atoms with van der Waals surface area (Å²) in [5, 5.41) is 118. The highest BCUT2D eigenvalue weighted by Crippen LogP contribution is 2.38. The quantitative estimate of drug-likeness (QED) is 0.0850. The number of hydrogen-bond acceptors (Lipinski definition) is 18. The summed E-state index contributed by atoms with van der Waals surface area (Å²) in [7, 11) is 0. The van der Waals surface area contributed by atoms with Crippen molar-refractivity contribution in [1.82, 2.24) is 5.32 Å². The van der Waals surface area contributed by atoms with Gasteiger partial charge < -0.3 is 89.9 Å². The van der Waals surface area contributed by atoms with E-state index in [2.05, 4.69) is 5.32 Å². The van der Waals surface area contributed by atoms with Gasteiger partial charge in [0.1, 0.15) is 67.1 Å². The Hall–Kier alpha value is -2.48. The number of amides is 1. The molecule has 1 aromatic rings. The Kier molecular flexibility index (Phi) is 14.0. The molecule has 3 saturated heterocycles. The summed E-state index contributed by atoms with van der Waals surface area (Å²) in [4.78, 5) is 24.5. The minimum absolute atomic E-state index is 0.0387. The van der Waals surface area contributed by atoms with E-state index in [0.29, 0.717) is 5.56 Å². The number of carbonyl (C=O) groups is 2. The van der Waals surface area contributed by atoms with Crippen LogP contribution in [0, 0.1) is 0 Å². The van der Waals surface area contributed by atoms with Gasteiger partial charge in [-0.2, -0.15) is 0 Å². The molecule has 4 rings (SSSR count). The number of hydrogen-bond donors (Lipinski definition) is 12. The molecular formula is C30H45NO19. The molecule has 0 unspecified atom stereocenters. The van der Waals surface area contributed by atoms with Crippen LogP contribution in [0.4, 0.5) is 0 Å². The van der Waals surface area contributed by atoms with Crippen molar-refractivity contribution in [3.8, 4) is 0 Å². The average Bonchev–Trinajstić information content (AvgIpc) is 3.09. The largest absolute Gasteiger partial charge is 0.477 e. The van der Waals surface area contributed by atoms with E-state index in [1.54, 1.807) is 30.3 Å². The molecule has 3 aliphatic heterocycles. The maximum absolute atomic E-state index is 12.7. The van der Waals surface area contributed by atoms with Crippen LogP contribution in [0.3, 0.4) is 0 Å². The standard InChI is InChI=1S/C30H45NO19/c1-12(35)31-18-14(36)7-30(29(43)44,49-25(18)19(38)15(37)8-32)50-26-20(39)16(9-33)46-28(23(26)42)48-24-17(10-34)47-27(22(41)21(24)40)45-11-13-5-3-2-4-6-13/h2-6,14-28,32-34,36-42H,7-11H2,1H3,(H,31,35)(H,43,44)/t14-,15+,16+,17+,18+,19-,20-,21+,22+,23+,24+,25+,26-,27+,28-,30-/m0/s1. The Bertz CT molecular complexity index is 1240. The molecule has 0 aromatic heterocycles. The molecule has 0 radical (unpaired) electrons. The predicted octanol–water partition coefficient (Wildman–Crippen LogP) is -6.00. The summed E-state index contributed by atoms with van der Waals surface area (Å²) in [6.45, 7) is -1.80. The van der Waals surface area contributed by atoms with Crippen LogP contribution in [0.1, 0.15) is 18.9 Å². The molecule has 3 heterocycles. The van der Waals surface area contributed by atoms with Gasteiger partial charge in [-0.25, -0.2) is 4.79 Å². The molecule has 20 heteroatoms. The Morgan fingerprint density at radius 3 is 2.12 bits per heavy atom. The number of carboxylic acid groups (broad SMARTS) is 1. The molecule has 284 valence electrons. The number of aliphatic hydroxyl groups is 10. The number of ether oxygens (including phenoxy) is 6. The maximum Gasteiger partial charge on any atom is 0.364 e. The third-order valence-electron chi connectivity index (χ3n) is 8.70. The summed E-state index contributed by atoms with van der Waals surface area (Å²) < 4.78 is 33.6. The van der Waals surface area contributed by atoms with E-state index < -0.39 is 136 Å². The first-order valence-electron chi connectivity index (χ1n) is 15.7. The number of benzene rings is 1. The fourth-order valence-electron chi connectivity index (χ4n) is 6.04. The lowest BCUT2D eigenvalue weighted by Crippen LogP contribution is -2.70. The first-order chi connectivity index (χ1) is 23.7. The Morgan fingerprint density at radius 1 is 0.900 bits per heavy atom. The van der Waals surface area contributed by atoms with E-state index in [9.17, 15) is 65.8 Å². The van der Waals surface area contributed by atoms with Crippen molar-refractivity contribution in [2.45, 2.75) is 118 Å². The monoisotopic (exact) mass is 723 g/mol. The number of carboxylic acids is 1.